The summed E-state index contributed by atoms with van der Waals surface area (Å²) < 4.78 is 14.7. The van der Waals surface area contributed by atoms with E-state index in [4.69, 9.17) is 14.9 Å². The number of fused-ring (bicyclic) bond motifs is 1. The molecule has 26 heavy (non-hydrogen) atoms. The number of anilines is 1. The second-order valence-electron chi connectivity index (χ2n) is 8.53. The molecule has 4 atom stereocenters. The van der Waals surface area contributed by atoms with Gasteiger partial charge in [-0.25, -0.2) is 15.0 Å². The average molecular weight is 380 g/mol. The average Bonchev–Trinajstić information content (AvgIpc) is 3.09. The maximum Gasteiger partial charge on any atom is 0.192 e. The molecule has 3 N–H and O–H groups in total. The Hall–Kier alpha value is -1.55. The maximum atomic E-state index is 9.75. The van der Waals surface area contributed by atoms with Crippen molar-refractivity contribution in [2.75, 3.05) is 12.3 Å². The van der Waals surface area contributed by atoms with Crippen LogP contribution in [0.1, 0.15) is 33.9 Å². The van der Waals surface area contributed by atoms with Crippen molar-refractivity contribution < 1.29 is 14.3 Å². The second-order valence-corrected chi connectivity index (χ2v) is 13.3. The monoisotopic (exact) mass is 379 g/mol. The third kappa shape index (κ3) is 3.13. The van der Waals surface area contributed by atoms with Crippen LogP contribution in [0.25, 0.3) is 11.2 Å². The third-order valence-corrected chi connectivity index (χ3v) is 10.3. The van der Waals surface area contributed by atoms with Crippen molar-refractivity contribution in [1.82, 2.24) is 19.5 Å². The Morgan fingerprint density at radius 1 is 1.31 bits per heavy atom. The summed E-state index contributed by atoms with van der Waals surface area (Å²) in [6.45, 7) is 13.1. The van der Waals surface area contributed by atoms with E-state index in [1.54, 1.807) is 6.33 Å². The number of imidazole rings is 1. The van der Waals surface area contributed by atoms with E-state index in [2.05, 4.69) is 55.7 Å². The minimum absolute atomic E-state index is 0.0377. The SMILES string of the molecule is C[C@H]1[C@@H](O[Si](C)(C)C(C)(C)C)[C@H](n2cnc3c(N)ncnc32)O[C@@H]1CO. The van der Waals surface area contributed by atoms with E-state index < -0.39 is 14.5 Å². The Kier molecular flexibility index (Phi) is 4.85. The number of nitrogens with zero attached hydrogens (tertiary/aromatic N) is 4. The first-order valence-electron chi connectivity index (χ1n) is 8.94. The van der Waals surface area contributed by atoms with E-state index in [0.717, 1.165) is 0 Å². The van der Waals surface area contributed by atoms with Gasteiger partial charge in [0.05, 0.1) is 25.1 Å². The zero-order valence-corrected chi connectivity index (χ0v) is 17.3. The van der Waals surface area contributed by atoms with Crippen LogP contribution in [0.4, 0.5) is 5.82 Å². The van der Waals surface area contributed by atoms with Gasteiger partial charge < -0.3 is 20.0 Å². The summed E-state index contributed by atoms with van der Waals surface area (Å²) in [6, 6.07) is 0. The number of aliphatic hydroxyl groups is 1. The maximum absolute atomic E-state index is 9.75. The normalized spacial score (nSPS) is 27.3. The molecule has 0 bridgehead atoms. The lowest BCUT2D eigenvalue weighted by Gasteiger charge is -2.40. The molecule has 144 valence electrons. The molecule has 0 aliphatic carbocycles. The summed E-state index contributed by atoms with van der Waals surface area (Å²) in [6.07, 6.45) is 2.15. The number of aliphatic hydroxyl groups excluding tert-OH is 1. The number of rotatable bonds is 4. The fourth-order valence-electron chi connectivity index (χ4n) is 3.02. The summed E-state index contributed by atoms with van der Waals surface area (Å²) in [5.41, 5.74) is 7.06. The van der Waals surface area contributed by atoms with Crippen molar-refractivity contribution in [1.29, 1.82) is 0 Å². The predicted molar refractivity (Wildman–Crippen MR) is 102 cm³/mol. The Bertz CT molecular complexity index is 788. The van der Waals surface area contributed by atoms with Crippen LogP contribution in [0.3, 0.4) is 0 Å². The molecule has 3 rings (SSSR count). The van der Waals surface area contributed by atoms with Crippen LogP contribution in [0.15, 0.2) is 12.7 Å². The van der Waals surface area contributed by atoms with Gasteiger partial charge in [-0.3, -0.25) is 4.57 Å². The van der Waals surface area contributed by atoms with Crippen LogP contribution in [-0.4, -0.2) is 51.8 Å². The zero-order valence-electron chi connectivity index (χ0n) is 16.3. The fourth-order valence-corrected chi connectivity index (χ4v) is 4.39. The van der Waals surface area contributed by atoms with E-state index in [0.29, 0.717) is 17.0 Å². The molecular formula is C17H29N5O3Si. The molecule has 1 fully saturated rings. The molecule has 8 nitrogen and oxygen atoms in total. The van der Waals surface area contributed by atoms with Gasteiger partial charge in [0, 0.05) is 5.92 Å². The van der Waals surface area contributed by atoms with Gasteiger partial charge in [0.25, 0.3) is 0 Å². The first kappa shape index (κ1) is 19.2. The minimum atomic E-state index is -2.04. The van der Waals surface area contributed by atoms with Crippen LogP contribution in [0, 0.1) is 5.92 Å². The zero-order chi connectivity index (χ0) is 19.3. The number of nitrogens with two attached hydrogens (primary N) is 1. The molecule has 1 aliphatic heterocycles. The first-order chi connectivity index (χ1) is 12.1. The molecular weight excluding hydrogens is 350 g/mol. The van der Waals surface area contributed by atoms with Gasteiger partial charge in [-0.2, -0.15) is 0 Å². The highest BCUT2D eigenvalue weighted by Gasteiger charge is 2.49. The van der Waals surface area contributed by atoms with Crippen molar-refractivity contribution in [3.8, 4) is 0 Å². The molecule has 2 aromatic heterocycles. The first-order valence-corrected chi connectivity index (χ1v) is 11.8. The van der Waals surface area contributed by atoms with Crippen molar-refractivity contribution in [2.45, 2.75) is 64.3 Å². The highest BCUT2D eigenvalue weighted by Crippen LogP contribution is 2.44. The second kappa shape index (κ2) is 6.56. The minimum Gasteiger partial charge on any atom is -0.409 e. The van der Waals surface area contributed by atoms with Crippen LogP contribution in [0.2, 0.25) is 18.1 Å². The molecule has 9 heteroatoms. The van der Waals surface area contributed by atoms with Crippen LogP contribution in [-0.2, 0) is 9.16 Å². The number of hydrogen-bond donors (Lipinski definition) is 2. The standard InChI is InChI=1S/C17H29N5O3Si/c1-10-11(7-23)24-16(13(10)25-26(5,6)17(2,3)4)22-9-21-12-14(18)19-8-20-15(12)22/h8-11,13,16,23H,7H2,1-6H3,(H2,18,19,20)/t10-,11-,13-,16-/m1/s1. The topological polar surface area (TPSA) is 108 Å². The molecule has 0 unspecified atom stereocenters. The molecule has 1 saturated heterocycles. The van der Waals surface area contributed by atoms with Crippen molar-refractivity contribution >= 4 is 25.3 Å². The Morgan fingerprint density at radius 3 is 2.62 bits per heavy atom. The van der Waals surface area contributed by atoms with E-state index in [1.165, 1.54) is 6.33 Å². The van der Waals surface area contributed by atoms with E-state index >= 15 is 0 Å². The predicted octanol–water partition coefficient (Wildman–Crippen LogP) is 2.32. The van der Waals surface area contributed by atoms with E-state index in [-0.39, 0.29) is 29.8 Å². The number of aromatic nitrogens is 4. The van der Waals surface area contributed by atoms with Gasteiger partial charge in [-0.15, -0.1) is 0 Å². The third-order valence-electron chi connectivity index (χ3n) is 5.78. The lowest BCUT2D eigenvalue weighted by atomic mass is 10.0. The lowest BCUT2D eigenvalue weighted by molar-refractivity contribution is -0.0467. The largest absolute Gasteiger partial charge is 0.409 e. The number of nitrogen functional groups attached to an aromatic ring is 1. The molecule has 0 amide bonds. The van der Waals surface area contributed by atoms with Crippen molar-refractivity contribution in [3.05, 3.63) is 12.7 Å². The van der Waals surface area contributed by atoms with Gasteiger partial charge in [0.15, 0.2) is 26.0 Å². The summed E-state index contributed by atoms with van der Waals surface area (Å²) >= 11 is 0. The highest BCUT2D eigenvalue weighted by molar-refractivity contribution is 6.74. The summed E-state index contributed by atoms with van der Waals surface area (Å²) in [7, 11) is -2.04. The van der Waals surface area contributed by atoms with Gasteiger partial charge >= 0.3 is 0 Å². The highest BCUT2D eigenvalue weighted by atomic mass is 28.4. The fraction of sp³-hybridized carbons (Fsp3) is 0.706. The summed E-state index contributed by atoms with van der Waals surface area (Å²) in [5, 5.41) is 9.81. The molecule has 2 aromatic rings. The van der Waals surface area contributed by atoms with Crippen LogP contribution >= 0.6 is 0 Å². The van der Waals surface area contributed by atoms with E-state index in [1.807, 2.05) is 4.57 Å². The smallest absolute Gasteiger partial charge is 0.192 e. The molecule has 1 aliphatic rings. The van der Waals surface area contributed by atoms with Crippen molar-refractivity contribution in [2.24, 2.45) is 5.92 Å². The Morgan fingerprint density at radius 2 is 2.00 bits per heavy atom. The molecule has 0 aromatic carbocycles. The quantitative estimate of drug-likeness (QED) is 0.785. The lowest BCUT2D eigenvalue weighted by Crippen LogP contribution is -2.46. The Labute approximate surface area is 154 Å². The summed E-state index contributed by atoms with van der Waals surface area (Å²) in [5.74, 6) is 0.371. The molecule has 3 heterocycles. The molecule has 0 spiro atoms. The summed E-state index contributed by atoms with van der Waals surface area (Å²) in [4.78, 5) is 12.7. The van der Waals surface area contributed by atoms with Gasteiger partial charge in [0.1, 0.15) is 11.8 Å². The molecule has 0 saturated carbocycles. The van der Waals surface area contributed by atoms with Crippen molar-refractivity contribution in [3.63, 3.8) is 0 Å². The van der Waals surface area contributed by atoms with Crippen LogP contribution < -0.4 is 5.73 Å². The van der Waals surface area contributed by atoms with Gasteiger partial charge in [-0.05, 0) is 18.1 Å². The van der Waals surface area contributed by atoms with Gasteiger partial charge in [0.2, 0.25) is 0 Å². The van der Waals surface area contributed by atoms with E-state index in [9.17, 15) is 5.11 Å². The number of hydrogen-bond acceptors (Lipinski definition) is 7. The van der Waals surface area contributed by atoms with Crippen LogP contribution in [0.5, 0.6) is 0 Å². The van der Waals surface area contributed by atoms with Gasteiger partial charge in [-0.1, -0.05) is 27.7 Å². The molecule has 0 radical (unpaired) electrons. The Balaban J connectivity index is 2.01. The number of ether oxygens (including phenoxy) is 1.